The lowest BCUT2D eigenvalue weighted by atomic mass is 10.1. The van der Waals surface area contributed by atoms with Gasteiger partial charge >= 0.3 is 6.61 Å². The van der Waals surface area contributed by atoms with E-state index in [2.05, 4.69) is 4.74 Å². The lowest BCUT2D eigenvalue weighted by Crippen LogP contribution is -2.17. The van der Waals surface area contributed by atoms with Crippen molar-refractivity contribution in [3.8, 4) is 11.5 Å². The van der Waals surface area contributed by atoms with Gasteiger partial charge in [0.2, 0.25) is 0 Å². The quantitative estimate of drug-likeness (QED) is 0.809. The maximum atomic E-state index is 11.9. The summed E-state index contributed by atoms with van der Waals surface area (Å²) in [5.41, 5.74) is 6.34. The Morgan fingerprint density at radius 2 is 2.13 bits per heavy atom. The molecule has 0 fully saturated rings. The van der Waals surface area contributed by atoms with E-state index in [-0.39, 0.29) is 17.5 Å². The molecule has 0 aliphatic carbocycles. The van der Waals surface area contributed by atoms with Crippen LogP contribution in [0.15, 0.2) is 18.2 Å². The van der Waals surface area contributed by atoms with Gasteiger partial charge in [0, 0.05) is 6.04 Å². The van der Waals surface area contributed by atoms with Gasteiger partial charge in [-0.3, -0.25) is 0 Å². The summed E-state index contributed by atoms with van der Waals surface area (Å²) in [6.45, 7) is -1.11. The van der Waals surface area contributed by atoms with Gasteiger partial charge in [-0.25, -0.2) is 0 Å². The summed E-state index contributed by atoms with van der Waals surface area (Å²) in [6.07, 6.45) is 0.572. The number of hydrogen-bond acceptors (Lipinski definition) is 3. The van der Waals surface area contributed by atoms with Crippen LogP contribution in [0, 0.1) is 0 Å². The highest BCUT2D eigenvalue weighted by atomic mass is 19.3. The summed E-state index contributed by atoms with van der Waals surface area (Å²) in [5.74, 6) is -0.521. The van der Waals surface area contributed by atoms with Gasteiger partial charge in [-0.15, -0.1) is 0 Å². The first-order valence-electron chi connectivity index (χ1n) is 4.51. The van der Waals surface area contributed by atoms with Crippen molar-refractivity contribution in [3.63, 3.8) is 0 Å². The van der Waals surface area contributed by atoms with Crippen molar-refractivity contribution in [2.75, 3.05) is 0 Å². The highest BCUT2D eigenvalue weighted by Gasteiger charge is 2.09. The van der Waals surface area contributed by atoms with Gasteiger partial charge in [0.25, 0.3) is 0 Å². The van der Waals surface area contributed by atoms with Gasteiger partial charge in [-0.1, -0.05) is 6.07 Å². The second-order valence-corrected chi connectivity index (χ2v) is 3.36. The molecule has 1 rings (SSSR count). The van der Waals surface area contributed by atoms with Crippen molar-refractivity contribution in [1.82, 2.24) is 0 Å². The fourth-order valence-corrected chi connectivity index (χ4v) is 1.26. The van der Waals surface area contributed by atoms with E-state index < -0.39 is 6.61 Å². The number of halogens is 2. The number of hydrogen-bond donors (Lipinski definition) is 2. The summed E-state index contributed by atoms with van der Waals surface area (Å²) in [4.78, 5) is 0. The van der Waals surface area contributed by atoms with Crippen molar-refractivity contribution in [3.05, 3.63) is 23.8 Å². The van der Waals surface area contributed by atoms with E-state index in [1.54, 1.807) is 6.07 Å². The molecule has 3 nitrogen and oxygen atoms in total. The zero-order valence-electron chi connectivity index (χ0n) is 8.28. The Morgan fingerprint density at radius 1 is 1.47 bits per heavy atom. The first-order valence-corrected chi connectivity index (χ1v) is 4.51. The van der Waals surface area contributed by atoms with Crippen molar-refractivity contribution in [1.29, 1.82) is 0 Å². The number of phenols is 1. The molecule has 0 aliphatic heterocycles. The second-order valence-electron chi connectivity index (χ2n) is 3.36. The lowest BCUT2D eigenvalue weighted by Gasteiger charge is -2.09. The third kappa shape index (κ3) is 3.71. The molecule has 0 aromatic heterocycles. The Kier molecular flexibility index (Phi) is 3.85. The highest BCUT2D eigenvalue weighted by molar-refractivity contribution is 5.41. The molecular weight excluding hydrogens is 204 g/mol. The molecule has 0 saturated carbocycles. The third-order valence-electron chi connectivity index (χ3n) is 1.80. The van der Waals surface area contributed by atoms with E-state index in [0.717, 1.165) is 5.56 Å². The summed E-state index contributed by atoms with van der Waals surface area (Å²) >= 11 is 0. The normalized spacial score (nSPS) is 12.9. The molecule has 5 heteroatoms. The van der Waals surface area contributed by atoms with E-state index in [4.69, 9.17) is 5.73 Å². The van der Waals surface area contributed by atoms with E-state index in [0.29, 0.717) is 6.42 Å². The summed E-state index contributed by atoms with van der Waals surface area (Å²) in [5, 5.41) is 9.35. The summed E-state index contributed by atoms with van der Waals surface area (Å²) < 4.78 is 27.8. The predicted octanol–water partition coefficient (Wildman–Crippen LogP) is 1.88. The zero-order valence-corrected chi connectivity index (χ0v) is 8.28. The largest absolute Gasteiger partial charge is 0.504 e. The zero-order chi connectivity index (χ0) is 11.4. The number of phenolic OH excluding ortho intramolecular Hbond substituents is 1. The van der Waals surface area contributed by atoms with Crippen LogP contribution in [0.25, 0.3) is 0 Å². The average molecular weight is 217 g/mol. The smallest absolute Gasteiger partial charge is 0.387 e. The van der Waals surface area contributed by atoms with Gasteiger partial charge in [0.15, 0.2) is 11.5 Å². The molecule has 1 aromatic carbocycles. The van der Waals surface area contributed by atoms with Gasteiger partial charge in [-0.05, 0) is 31.0 Å². The van der Waals surface area contributed by atoms with Crippen LogP contribution in [-0.2, 0) is 6.42 Å². The Hall–Kier alpha value is -1.36. The summed E-state index contributed by atoms with van der Waals surface area (Å²) in [7, 11) is 0. The molecule has 0 spiro atoms. The van der Waals surface area contributed by atoms with Crippen molar-refractivity contribution in [2.45, 2.75) is 26.0 Å². The van der Waals surface area contributed by atoms with Crippen LogP contribution in [0.5, 0.6) is 11.5 Å². The van der Waals surface area contributed by atoms with Crippen LogP contribution in [-0.4, -0.2) is 17.8 Å². The van der Waals surface area contributed by atoms with Gasteiger partial charge in [-0.2, -0.15) is 8.78 Å². The number of rotatable bonds is 4. The molecule has 1 aromatic rings. The fourth-order valence-electron chi connectivity index (χ4n) is 1.26. The minimum absolute atomic E-state index is 0.0498. The minimum atomic E-state index is -2.94. The number of aromatic hydroxyl groups is 1. The van der Waals surface area contributed by atoms with Crippen LogP contribution in [0.3, 0.4) is 0 Å². The highest BCUT2D eigenvalue weighted by Crippen LogP contribution is 2.28. The Balaban J connectivity index is 2.78. The average Bonchev–Trinajstić information content (AvgIpc) is 2.08. The van der Waals surface area contributed by atoms with Crippen molar-refractivity contribution >= 4 is 0 Å². The van der Waals surface area contributed by atoms with E-state index >= 15 is 0 Å². The lowest BCUT2D eigenvalue weighted by molar-refractivity contribution is -0.0512. The molecule has 84 valence electrons. The van der Waals surface area contributed by atoms with Crippen molar-refractivity contribution < 1.29 is 18.6 Å². The number of nitrogens with two attached hydrogens (primary N) is 1. The number of ether oxygens (including phenoxy) is 1. The van der Waals surface area contributed by atoms with Crippen LogP contribution < -0.4 is 10.5 Å². The van der Waals surface area contributed by atoms with E-state index in [9.17, 15) is 13.9 Å². The molecule has 1 atom stereocenters. The second kappa shape index (κ2) is 4.93. The van der Waals surface area contributed by atoms with Gasteiger partial charge in [0.05, 0.1) is 0 Å². The maximum absolute atomic E-state index is 11.9. The van der Waals surface area contributed by atoms with Gasteiger partial charge < -0.3 is 15.6 Å². The molecule has 15 heavy (non-hydrogen) atoms. The standard InChI is InChI=1S/C10H13F2NO2/c1-6(13)4-7-2-3-9(8(14)5-7)15-10(11)12/h2-3,5-6,10,14H,4,13H2,1H3. The van der Waals surface area contributed by atoms with Crippen LogP contribution in [0.1, 0.15) is 12.5 Å². The van der Waals surface area contributed by atoms with Crippen LogP contribution in [0.4, 0.5) is 8.78 Å². The topological polar surface area (TPSA) is 55.5 Å². The maximum Gasteiger partial charge on any atom is 0.387 e. The van der Waals surface area contributed by atoms with Crippen LogP contribution >= 0.6 is 0 Å². The molecule has 3 N–H and O–H groups in total. The Labute approximate surface area is 86.5 Å². The molecular formula is C10H13F2NO2. The Bertz CT molecular complexity index is 329. The number of alkyl halides is 2. The monoisotopic (exact) mass is 217 g/mol. The first-order chi connectivity index (χ1) is 6.99. The molecule has 0 saturated heterocycles. The predicted molar refractivity (Wildman–Crippen MR) is 52.1 cm³/mol. The minimum Gasteiger partial charge on any atom is -0.504 e. The fraction of sp³-hybridized carbons (Fsp3) is 0.400. The van der Waals surface area contributed by atoms with E-state index in [1.165, 1.54) is 12.1 Å². The van der Waals surface area contributed by atoms with E-state index in [1.807, 2.05) is 6.92 Å². The Morgan fingerprint density at radius 3 is 2.60 bits per heavy atom. The molecule has 0 aliphatic rings. The molecule has 0 amide bonds. The van der Waals surface area contributed by atoms with Crippen molar-refractivity contribution in [2.24, 2.45) is 5.73 Å². The SMILES string of the molecule is CC(N)Cc1ccc(OC(F)F)c(O)c1. The molecule has 0 radical (unpaired) electrons. The molecule has 0 heterocycles. The van der Waals surface area contributed by atoms with Gasteiger partial charge in [0.1, 0.15) is 0 Å². The third-order valence-corrected chi connectivity index (χ3v) is 1.80. The first kappa shape index (κ1) is 11.7. The summed E-state index contributed by atoms with van der Waals surface area (Å²) in [6, 6.07) is 4.23. The molecule has 0 bridgehead atoms. The number of benzene rings is 1. The molecule has 1 unspecified atom stereocenters. The van der Waals surface area contributed by atoms with Crippen LogP contribution in [0.2, 0.25) is 0 Å².